The summed E-state index contributed by atoms with van der Waals surface area (Å²) in [6.45, 7) is 2.41. The van der Waals surface area contributed by atoms with E-state index < -0.39 is 11.5 Å². The molecule has 1 aromatic heterocycles. The summed E-state index contributed by atoms with van der Waals surface area (Å²) in [5.74, 6) is -0.498. The van der Waals surface area contributed by atoms with E-state index in [9.17, 15) is 14.7 Å². The van der Waals surface area contributed by atoms with Crippen molar-refractivity contribution in [2.24, 2.45) is 0 Å². The highest BCUT2D eigenvalue weighted by atomic mass is 35.5. The Hall–Kier alpha value is -2.51. The molecular formula is C20H24ClN3O4. The van der Waals surface area contributed by atoms with Crippen LogP contribution in [0, 0.1) is 0 Å². The number of pyridine rings is 1. The first-order valence-electron chi connectivity index (χ1n) is 9.12. The van der Waals surface area contributed by atoms with Gasteiger partial charge in [0.25, 0.3) is 5.56 Å². The number of carboxylic acids is 1. The van der Waals surface area contributed by atoms with Gasteiger partial charge in [-0.15, -0.1) is 12.4 Å². The zero-order chi connectivity index (χ0) is 19.1. The van der Waals surface area contributed by atoms with Crippen LogP contribution in [0.1, 0.15) is 22.3 Å². The van der Waals surface area contributed by atoms with Crippen molar-refractivity contribution in [3.05, 3.63) is 45.7 Å². The monoisotopic (exact) mass is 405 g/mol. The number of likely N-dealkylation sites (N-methyl/N-ethyl adjacent to an activating group) is 1. The van der Waals surface area contributed by atoms with E-state index >= 15 is 0 Å². The number of aromatic nitrogens is 1. The zero-order valence-electron chi connectivity index (χ0n) is 15.9. The zero-order valence-corrected chi connectivity index (χ0v) is 16.7. The van der Waals surface area contributed by atoms with Crippen LogP contribution in [0.2, 0.25) is 0 Å². The second-order valence-electron chi connectivity index (χ2n) is 7.35. The van der Waals surface area contributed by atoms with E-state index in [1.165, 1.54) is 6.07 Å². The molecule has 0 aliphatic carbocycles. The Morgan fingerprint density at radius 3 is 2.79 bits per heavy atom. The van der Waals surface area contributed by atoms with E-state index in [0.29, 0.717) is 24.8 Å². The first-order valence-corrected chi connectivity index (χ1v) is 9.12. The third-order valence-corrected chi connectivity index (χ3v) is 5.48. The molecule has 0 bridgehead atoms. The smallest absolute Gasteiger partial charge is 0.341 e. The first kappa shape index (κ1) is 20.2. The van der Waals surface area contributed by atoms with Crippen molar-refractivity contribution in [1.29, 1.82) is 0 Å². The Balaban J connectivity index is 0.00000225. The topological polar surface area (TPSA) is 85.9 Å². The minimum atomic E-state index is -1.22. The van der Waals surface area contributed by atoms with Crippen molar-refractivity contribution in [2.75, 3.05) is 38.7 Å². The number of rotatable bonds is 3. The van der Waals surface area contributed by atoms with Crippen molar-refractivity contribution >= 4 is 24.1 Å². The third-order valence-electron chi connectivity index (χ3n) is 5.48. The number of H-pyrrole nitrogens is 1. The average molecular weight is 406 g/mol. The van der Waals surface area contributed by atoms with Crippen LogP contribution >= 0.6 is 12.4 Å². The number of ether oxygens (including phenoxy) is 1. The van der Waals surface area contributed by atoms with Crippen molar-refractivity contribution in [2.45, 2.75) is 18.9 Å². The number of nitrogens with zero attached hydrogens (tertiary/aromatic N) is 2. The summed E-state index contributed by atoms with van der Waals surface area (Å²) in [5, 5.41) is 9.19. The number of nitrogens with one attached hydrogen (secondary N) is 1. The molecule has 28 heavy (non-hydrogen) atoms. The highest BCUT2D eigenvalue weighted by Crippen LogP contribution is 2.37. The number of hydrogen-bond donors (Lipinski definition) is 2. The maximum Gasteiger partial charge on any atom is 0.341 e. The SMILES string of the molecule is CN(C)C1CCN(c2ccc3c(c2)OCCc2cc(C(=O)O)c(=O)[nH]c2-3)C1.Cl. The van der Waals surface area contributed by atoms with E-state index in [1.54, 1.807) is 0 Å². The maximum atomic E-state index is 12.1. The largest absolute Gasteiger partial charge is 0.492 e. The lowest BCUT2D eigenvalue weighted by molar-refractivity contribution is 0.0695. The molecular weight excluding hydrogens is 382 g/mol. The molecule has 2 aliphatic heterocycles. The molecule has 1 atom stereocenters. The molecule has 0 amide bonds. The highest BCUT2D eigenvalue weighted by Gasteiger charge is 2.26. The Kier molecular flexibility index (Phi) is 5.67. The summed E-state index contributed by atoms with van der Waals surface area (Å²) in [6, 6.07) is 8.01. The number of hydrogen-bond acceptors (Lipinski definition) is 5. The highest BCUT2D eigenvalue weighted by molar-refractivity contribution is 5.88. The second-order valence-corrected chi connectivity index (χ2v) is 7.35. The molecule has 1 saturated heterocycles. The molecule has 7 nitrogen and oxygen atoms in total. The summed E-state index contributed by atoms with van der Waals surface area (Å²) in [6.07, 6.45) is 1.67. The van der Waals surface area contributed by atoms with Crippen LogP contribution in [0.4, 0.5) is 5.69 Å². The summed E-state index contributed by atoms with van der Waals surface area (Å²) in [5.41, 5.74) is 2.51. The standard InChI is InChI=1S/C20H23N3O4.ClH/c1-22(2)14-5-7-23(11-14)13-3-4-15-17(10-13)27-8-6-12-9-16(20(25)26)19(24)21-18(12)15;/h3-4,9-10,14H,5-8,11H2,1-2H3,(H,21,24)(H,25,26);1H. The van der Waals surface area contributed by atoms with E-state index in [-0.39, 0.29) is 18.0 Å². The molecule has 1 fully saturated rings. The molecule has 150 valence electrons. The molecule has 2 aromatic rings. The van der Waals surface area contributed by atoms with E-state index in [1.807, 2.05) is 18.2 Å². The second kappa shape index (κ2) is 7.85. The Bertz CT molecular complexity index is 957. The molecule has 8 heteroatoms. The molecule has 1 aromatic carbocycles. The van der Waals surface area contributed by atoms with Crippen LogP contribution in [0.25, 0.3) is 11.3 Å². The Labute approximate surface area is 169 Å². The molecule has 0 radical (unpaired) electrons. The van der Waals surface area contributed by atoms with Crippen molar-refractivity contribution in [3.8, 4) is 17.0 Å². The van der Waals surface area contributed by atoms with Gasteiger partial charge in [-0.25, -0.2) is 4.79 Å². The van der Waals surface area contributed by atoms with E-state index in [4.69, 9.17) is 4.74 Å². The summed E-state index contributed by atoms with van der Waals surface area (Å²) < 4.78 is 5.94. The van der Waals surface area contributed by atoms with Gasteiger partial charge in [0.15, 0.2) is 0 Å². The van der Waals surface area contributed by atoms with E-state index in [2.05, 4.69) is 28.9 Å². The van der Waals surface area contributed by atoms with Crippen molar-refractivity contribution in [1.82, 2.24) is 9.88 Å². The molecule has 3 heterocycles. The average Bonchev–Trinajstić information content (AvgIpc) is 3.06. The lowest BCUT2D eigenvalue weighted by atomic mass is 10.0. The fraction of sp³-hybridized carbons (Fsp3) is 0.400. The number of benzene rings is 1. The number of carboxylic acid groups (broad SMARTS) is 1. The lowest BCUT2D eigenvalue weighted by Gasteiger charge is -2.22. The Morgan fingerprint density at radius 1 is 1.32 bits per heavy atom. The van der Waals surface area contributed by atoms with Crippen LogP contribution in [-0.2, 0) is 6.42 Å². The number of fused-ring (bicyclic) bond motifs is 3. The van der Waals surface area contributed by atoms with Crippen molar-refractivity contribution in [3.63, 3.8) is 0 Å². The third kappa shape index (κ3) is 3.59. The minimum absolute atomic E-state index is 0. The van der Waals surface area contributed by atoms with Gasteiger partial charge in [-0.2, -0.15) is 0 Å². The summed E-state index contributed by atoms with van der Waals surface area (Å²) in [4.78, 5) is 30.7. The number of anilines is 1. The van der Waals surface area contributed by atoms with Gasteiger partial charge in [0.05, 0.1) is 12.3 Å². The van der Waals surface area contributed by atoms with Crippen LogP contribution in [0.3, 0.4) is 0 Å². The van der Waals surface area contributed by atoms with Crippen LogP contribution < -0.4 is 15.2 Å². The maximum absolute atomic E-state index is 12.1. The van der Waals surface area contributed by atoms with Crippen molar-refractivity contribution < 1.29 is 14.6 Å². The number of carbonyl (C=O) groups is 1. The number of halogens is 1. The van der Waals surface area contributed by atoms with Crippen LogP contribution in [0.15, 0.2) is 29.1 Å². The van der Waals surface area contributed by atoms with Crippen LogP contribution in [0.5, 0.6) is 5.75 Å². The first-order chi connectivity index (χ1) is 12.9. The molecule has 0 saturated carbocycles. The van der Waals surface area contributed by atoms with Gasteiger partial charge < -0.3 is 24.6 Å². The van der Waals surface area contributed by atoms with Gasteiger partial charge in [-0.1, -0.05) is 0 Å². The predicted octanol–water partition coefficient (Wildman–Crippen LogP) is 2.24. The molecule has 1 unspecified atom stereocenters. The fourth-order valence-electron chi connectivity index (χ4n) is 3.87. The Morgan fingerprint density at radius 2 is 2.11 bits per heavy atom. The minimum Gasteiger partial charge on any atom is -0.492 e. The van der Waals surface area contributed by atoms with E-state index in [0.717, 1.165) is 42.1 Å². The molecule has 2 aliphatic rings. The normalized spacial score (nSPS) is 18.0. The predicted molar refractivity (Wildman–Crippen MR) is 110 cm³/mol. The molecule has 2 N–H and O–H groups in total. The quantitative estimate of drug-likeness (QED) is 0.814. The lowest BCUT2D eigenvalue weighted by Crippen LogP contribution is -2.31. The summed E-state index contributed by atoms with van der Waals surface area (Å²) in [7, 11) is 4.21. The summed E-state index contributed by atoms with van der Waals surface area (Å²) >= 11 is 0. The molecule has 0 spiro atoms. The number of aromatic amines is 1. The van der Waals surface area contributed by atoms with Gasteiger partial charge in [-0.3, -0.25) is 4.79 Å². The number of aromatic carboxylic acids is 1. The van der Waals surface area contributed by atoms with Gasteiger partial charge in [-0.05, 0) is 44.3 Å². The molecule has 4 rings (SSSR count). The fourth-order valence-corrected chi connectivity index (χ4v) is 3.87. The van der Waals surface area contributed by atoms with Crippen LogP contribution in [-0.4, -0.2) is 60.8 Å². The van der Waals surface area contributed by atoms with Gasteiger partial charge in [0.2, 0.25) is 0 Å². The van der Waals surface area contributed by atoms with Gasteiger partial charge >= 0.3 is 5.97 Å². The van der Waals surface area contributed by atoms with Gasteiger partial charge in [0.1, 0.15) is 11.3 Å². The van der Waals surface area contributed by atoms with Gasteiger partial charge in [0, 0.05) is 42.9 Å².